The molecule has 0 radical (unpaired) electrons. The van der Waals surface area contributed by atoms with Gasteiger partial charge < -0.3 is 11.1 Å². The van der Waals surface area contributed by atoms with Crippen molar-refractivity contribution in [2.45, 2.75) is 50.6 Å². The van der Waals surface area contributed by atoms with E-state index in [1.807, 2.05) is 31.2 Å². The van der Waals surface area contributed by atoms with Gasteiger partial charge in [-0.2, -0.15) is 0 Å². The number of rotatable bonds is 3. The van der Waals surface area contributed by atoms with E-state index in [1.165, 1.54) is 6.42 Å². The second-order valence-electron chi connectivity index (χ2n) is 5.43. The van der Waals surface area contributed by atoms with Crippen LogP contribution in [0.2, 0.25) is 0 Å². The van der Waals surface area contributed by atoms with E-state index in [0.717, 1.165) is 35.7 Å². The molecule has 0 saturated heterocycles. The van der Waals surface area contributed by atoms with E-state index in [-0.39, 0.29) is 11.9 Å². The van der Waals surface area contributed by atoms with Gasteiger partial charge >= 0.3 is 0 Å². The molecular weight excluding hydrogens is 304 g/mol. The van der Waals surface area contributed by atoms with Gasteiger partial charge in [0.15, 0.2) is 0 Å². The molecule has 0 aliphatic heterocycles. The van der Waals surface area contributed by atoms with Gasteiger partial charge in [-0.15, -0.1) is 0 Å². The third-order valence-corrected chi connectivity index (χ3v) is 4.64. The summed E-state index contributed by atoms with van der Waals surface area (Å²) in [6.45, 7) is 1.99. The first-order valence-corrected chi connectivity index (χ1v) is 7.66. The first kappa shape index (κ1) is 14.5. The fraction of sp³-hybridized carbons (Fsp3) is 0.533. The molecule has 1 aromatic rings. The third kappa shape index (κ3) is 3.37. The zero-order valence-corrected chi connectivity index (χ0v) is 12.9. The van der Waals surface area contributed by atoms with Crippen molar-refractivity contribution in [3.8, 4) is 0 Å². The number of amides is 1. The molecule has 1 fully saturated rings. The lowest BCUT2D eigenvalue weighted by atomic mass is 9.81. The van der Waals surface area contributed by atoms with Gasteiger partial charge in [0.1, 0.15) is 0 Å². The lowest BCUT2D eigenvalue weighted by Gasteiger charge is -2.33. The van der Waals surface area contributed by atoms with E-state index in [4.69, 9.17) is 5.73 Å². The van der Waals surface area contributed by atoms with Crippen LogP contribution < -0.4 is 11.1 Å². The molecule has 2 rings (SSSR count). The van der Waals surface area contributed by atoms with Crippen LogP contribution in [0, 0.1) is 0 Å². The van der Waals surface area contributed by atoms with Gasteiger partial charge in [0.2, 0.25) is 5.91 Å². The van der Waals surface area contributed by atoms with Gasteiger partial charge in [-0.25, -0.2) is 0 Å². The van der Waals surface area contributed by atoms with Crippen LogP contribution in [0.3, 0.4) is 0 Å². The maximum Gasteiger partial charge on any atom is 0.240 e. The van der Waals surface area contributed by atoms with Crippen molar-refractivity contribution in [1.82, 2.24) is 5.32 Å². The summed E-state index contributed by atoms with van der Waals surface area (Å²) in [5.41, 5.74) is 6.65. The number of nitrogens with two attached hydrogens (primary N) is 1. The summed E-state index contributed by atoms with van der Waals surface area (Å²) in [5, 5.41) is 3.05. The van der Waals surface area contributed by atoms with Crippen molar-refractivity contribution in [2.75, 3.05) is 0 Å². The van der Waals surface area contributed by atoms with Crippen LogP contribution in [-0.2, 0) is 4.79 Å². The predicted octanol–water partition coefficient (Wildman–Crippen LogP) is 3.29. The largest absolute Gasteiger partial charge is 0.348 e. The summed E-state index contributed by atoms with van der Waals surface area (Å²) in [4.78, 5) is 12.4. The van der Waals surface area contributed by atoms with Gasteiger partial charge in [-0.05, 0) is 31.4 Å². The Bertz CT molecular complexity index is 455. The van der Waals surface area contributed by atoms with E-state index < -0.39 is 5.54 Å². The summed E-state index contributed by atoms with van der Waals surface area (Å²) >= 11 is 3.51. The Morgan fingerprint density at radius 2 is 1.95 bits per heavy atom. The van der Waals surface area contributed by atoms with Crippen molar-refractivity contribution < 1.29 is 4.79 Å². The first-order chi connectivity index (χ1) is 9.03. The summed E-state index contributed by atoms with van der Waals surface area (Å²) < 4.78 is 1.01. The average molecular weight is 325 g/mol. The lowest BCUT2D eigenvalue weighted by Crippen LogP contribution is -2.55. The Labute approximate surface area is 123 Å². The normalized spacial score (nSPS) is 19.7. The molecule has 0 aromatic heterocycles. The molecule has 1 aliphatic rings. The van der Waals surface area contributed by atoms with Crippen LogP contribution in [0.25, 0.3) is 0 Å². The summed E-state index contributed by atoms with van der Waals surface area (Å²) in [6, 6.07) is 7.90. The molecular formula is C15H21BrN2O. The molecule has 0 heterocycles. The number of halogens is 1. The fourth-order valence-corrected chi connectivity index (χ4v) is 3.28. The highest BCUT2D eigenvalue weighted by Crippen LogP contribution is 2.28. The standard InChI is InChI=1S/C15H21BrN2O/c1-11(12-7-3-4-8-13(12)16)18-14(19)15(17)9-5-2-6-10-15/h3-4,7-8,11H,2,5-6,9-10,17H2,1H3,(H,18,19)/t11-/m0/s1. The molecule has 19 heavy (non-hydrogen) atoms. The summed E-state index contributed by atoms with van der Waals surface area (Å²) in [5.74, 6) is -0.0181. The summed E-state index contributed by atoms with van der Waals surface area (Å²) in [7, 11) is 0. The van der Waals surface area contributed by atoms with E-state index in [0.29, 0.717) is 0 Å². The maximum atomic E-state index is 12.4. The molecule has 1 saturated carbocycles. The number of carbonyl (C=O) groups excluding carboxylic acids is 1. The SMILES string of the molecule is C[C@H](NC(=O)C1(N)CCCCC1)c1ccccc1Br. The van der Waals surface area contributed by atoms with E-state index in [1.54, 1.807) is 0 Å². The molecule has 1 aliphatic carbocycles. The fourth-order valence-electron chi connectivity index (χ4n) is 2.65. The zero-order chi connectivity index (χ0) is 13.9. The topological polar surface area (TPSA) is 55.1 Å². The Morgan fingerprint density at radius 3 is 2.58 bits per heavy atom. The quantitative estimate of drug-likeness (QED) is 0.896. The molecule has 0 spiro atoms. The predicted molar refractivity (Wildman–Crippen MR) is 80.7 cm³/mol. The first-order valence-electron chi connectivity index (χ1n) is 6.87. The number of hydrogen-bond acceptors (Lipinski definition) is 2. The number of benzene rings is 1. The highest BCUT2D eigenvalue weighted by Gasteiger charge is 2.35. The van der Waals surface area contributed by atoms with Gasteiger partial charge in [-0.1, -0.05) is 53.4 Å². The van der Waals surface area contributed by atoms with E-state index in [9.17, 15) is 4.79 Å². The Hall–Kier alpha value is -0.870. The lowest BCUT2D eigenvalue weighted by molar-refractivity contribution is -0.128. The number of nitrogens with one attached hydrogen (secondary N) is 1. The third-order valence-electron chi connectivity index (χ3n) is 3.92. The minimum Gasteiger partial charge on any atom is -0.348 e. The van der Waals surface area contributed by atoms with Crippen molar-refractivity contribution in [3.63, 3.8) is 0 Å². The van der Waals surface area contributed by atoms with Gasteiger partial charge in [0.05, 0.1) is 11.6 Å². The van der Waals surface area contributed by atoms with Crippen LogP contribution in [-0.4, -0.2) is 11.4 Å². The Morgan fingerprint density at radius 1 is 1.32 bits per heavy atom. The second kappa shape index (κ2) is 6.06. The smallest absolute Gasteiger partial charge is 0.240 e. The van der Waals surface area contributed by atoms with Crippen LogP contribution >= 0.6 is 15.9 Å². The zero-order valence-electron chi connectivity index (χ0n) is 11.3. The molecule has 1 aromatic carbocycles. The van der Waals surface area contributed by atoms with Gasteiger partial charge in [-0.3, -0.25) is 4.79 Å². The minimum atomic E-state index is -0.673. The van der Waals surface area contributed by atoms with Crippen LogP contribution in [0.5, 0.6) is 0 Å². The van der Waals surface area contributed by atoms with Crippen molar-refractivity contribution in [2.24, 2.45) is 5.73 Å². The molecule has 104 valence electrons. The highest BCUT2D eigenvalue weighted by atomic mass is 79.9. The molecule has 1 atom stereocenters. The molecule has 0 unspecified atom stereocenters. The number of hydrogen-bond donors (Lipinski definition) is 2. The molecule has 3 N–H and O–H groups in total. The van der Waals surface area contributed by atoms with Crippen LogP contribution in [0.4, 0.5) is 0 Å². The number of carbonyl (C=O) groups is 1. The molecule has 3 nitrogen and oxygen atoms in total. The second-order valence-corrected chi connectivity index (χ2v) is 6.29. The van der Waals surface area contributed by atoms with Crippen molar-refractivity contribution in [3.05, 3.63) is 34.3 Å². The highest BCUT2D eigenvalue weighted by molar-refractivity contribution is 9.10. The minimum absolute atomic E-state index is 0.0181. The van der Waals surface area contributed by atoms with Crippen LogP contribution in [0.15, 0.2) is 28.7 Å². The van der Waals surface area contributed by atoms with Gasteiger partial charge in [0, 0.05) is 4.47 Å². The Kier molecular flexibility index (Phi) is 4.63. The molecule has 0 bridgehead atoms. The average Bonchev–Trinajstić information content (AvgIpc) is 2.40. The maximum absolute atomic E-state index is 12.4. The molecule has 1 amide bonds. The van der Waals surface area contributed by atoms with E-state index in [2.05, 4.69) is 21.2 Å². The van der Waals surface area contributed by atoms with Crippen molar-refractivity contribution >= 4 is 21.8 Å². The van der Waals surface area contributed by atoms with Crippen LogP contribution in [0.1, 0.15) is 50.6 Å². The van der Waals surface area contributed by atoms with Crippen molar-refractivity contribution in [1.29, 1.82) is 0 Å². The Balaban J connectivity index is 2.04. The van der Waals surface area contributed by atoms with E-state index >= 15 is 0 Å². The summed E-state index contributed by atoms with van der Waals surface area (Å²) in [6.07, 6.45) is 4.87. The monoisotopic (exact) mass is 324 g/mol. The van der Waals surface area contributed by atoms with Gasteiger partial charge in [0.25, 0.3) is 0 Å². The molecule has 4 heteroatoms.